The molecule has 0 aliphatic carbocycles. The second-order valence-electron chi connectivity index (χ2n) is 3.66. The van der Waals surface area contributed by atoms with Crippen molar-refractivity contribution >= 4 is 0 Å². The topological polar surface area (TPSA) is 91.6 Å². The summed E-state index contributed by atoms with van der Waals surface area (Å²) in [6, 6.07) is 2.81. The van der Waals surface area contributed by atoms with Crippen molar-refractivity contribution in [2.45, 2.75) is 26.4 Å². The minimum absolute atomic E-state index is 0.140. The third kappa shape index (κ3) is 2.09. The Morgan fingerprint density at radius 2 is 2.24 bits per heavy atom. The monoisotopic (exact) mass is 234 g/mol. The number of aryl methyl sites for hydroxylation is 1. The van der Waals surface area contributed by atoms with Crippen molar-refractivity contribution < 1.29 is 0 Å². The summed E-state index contributed by atoms with van der Waals surface area (Å²) < 4.78 is 2.90. The molecule has 0 aliphatic rings. The Kier molecular flexibility index (Phi) is 3.01. The van der Waals surface area contributed by atoms with E-state index in [4.69, 9.17) is 5.73 Å². The van der Waals surface area contributed by atoms with Gasteiger partial charge in [0.05, 0.1) is 6.04 Å². The van der Waals surface area contributed by atoms with Gasteiger partial charge in [-0.15, -0.1) is 5.10 Å². The zero-order valence-corrected chi connectivity index (χ0v) is 9.74. The van der Waals surface area contributed by atoms with Crippen molar-refractivity contribution in [3.63, 3.8) is 0 Å². The first kappa shape index (κ1) is 11.5. The van der Waals surface area contributed by atoms with Crippen LogP contribution in [0.2, 0.25) is 0 Å². The first-order chi connectivity index (χ1) is 8.13. The SMILES string of the molecule is CCn1nc(-n2ncnc2C(C)N)ccc1=O. The average Bonchev–Trinajstić information content (AvgIpc) is 2.78. The Labute approximate surface area is 97.9 Å². The number of nitrogens with two attached hydrogens (primary N) is 1. The number of aromatic nitrogens is 5. The molecule has 2 rings (SSSR count). The van der Waals surface area contributed by atoms with Crippen LogP contribution in [0.5, 0.6) is 0 Å². The highest BCUT2D eigenvalue weighted by molar-refractivity contribution is 5.20. The molecule has 0 aliphatic heterocycles. The quantitative estimate of drug-likeness (QED) is 0.798. The lowest BCUT2D eigenvalue weighted by molar-refractivity contribution is 0.586. The maximum atomic E-state index is 11.4. The molecule has 2 aromatic rings. The minimum Gasteiger partial charge on any atom is -0.322 e. The lowest BCUT2D eigenvalue weighted by atomic mass is 10.3. The van der Waals surface area contributed by atoms with Crippen molar-refractivity contribution in [2.24, 2.45) is 5.73 Å². The molecule has 2 aromatic heterocycles. The zero-order chi connectivity index (χ0) is 12.4. The summed E-state index contributed by atoms with van der Waals surface area (Å²) in [6.45, 7) is 4.18. The predicted octanol–water partition coefficient (Wildman–Crippen LogP) is -0.136. The Bertz CT molecular complexity index is 570. The lowest BCUT2D eigenvalue weighted by Gasteiger charge is -2.08. The van der Waals surface area contributed by atoms with Crippen molar-refractivity contribution in [2.75, 3.05) is 0 Å². The molecule has 17 heavy (non-hydrogen) atoms. The minimum atomic E-state index is -0.249. The van der Waals surface area contributed by atoms with Gasteiger partial charge in [0.15, 0.2) is 11.6 Å². The van der Waals surface area contributed by atoms with Crippen molar-refractivity contribution in [1.82, 2.24) is 24.5 Å². The van der Waals surface area contributed by atoms with Crippen LogP contribution in [0.15, 0.2) is 23.3 Å². The van der Waals surface area contributed by atoms with Gasteiger partial charge in [-0.25, -0.2) is 9.67 Å². The van der Waals surface area contributed by atoms with Crippen molar-refractivity contribution in [3.05, 3.63) is 34.6 Å². The van der Waals surface area contributed by atoms with Crippen LogP contribution in [0.4, 0.5) is 0 Å². The van der Waals surface area contributed by atoms with E-state index in [-0.39, 0.29) is 11.6 Å². The van der Waals surface area contributed by atoms with E-state index in [1.807, 2.05) is 13.8 Å². The highest BCUT2D eigenvalue weighted by atomic mass is 16.1. The predicted molar refractivity (Wildman–Crippen MR) is 61.7 cm³/mol. The van der Waals surface area contributed by atoms with Gasteiger partial charge in [0.1, 0.15) is 6.33 Å². The summed E-state index contributed by atoms with van der Waals surface area (Å²) in [5, 5.41) is 8.25. The molecule has 7 nitrogen and oxygen atoms in total. The van der Waals surface area contributed by atoms with Gasteiger partial charge in [-0.2, -0.15) is 9.78 Å². The summed E-state index contributed by atoms with van der Waals surface area (Å²) >= 11 is 0. The Hall–Kier alpha value is -2.02. The molecule has 0 radical (unpaired) electrons. The van der Waals surface area contributed by atoms with Gasteiger partial charge < -0.3 is 5.73 Å². The number of hydrogen-bond acceptors (Lipinski definition) is 5. The van der Waals surface area contributed by atoms with Crippen LogP contribution in [0.25, 0.3) is 5.82 Å². The number of hydrogen-bond donors (Lipinski definition) is 1. The van der Waals surface area contributed by atoms with Gasteiger partial charge in [0.2, 0.25) is 0 Å². The zero-order valence-electron chi connectivity index (χ0n) is 9.74. The van der Waals surface area contributed by atoms with Crippen LogP contribution >= 0.6 is 0 Å². The number of nitrogens with zero attached hydrogens (tertiary/aromatic N) is 5. The molecule has 90 valence electrons. The molecule has 7 heteroatoms. The van der Waals surface area contributed by atoms with Crippen LogP contribution in [0.1, 0.15) is 25.7 Å². The van der Waals surface area contributed by atoms with E-state index in [9.17, 15) is 4.79 Å². The van der Waals surface area contributed by atoms with Gasteiger partial charge in [-0.05, 0) is 19.9 Å². The van der Waals surface area contributed by atoms with E-state index in [1.165, 1.54) is 21.8 Å². The molecule has 0 saturated heterocycles. The molecule has 0 fully saturated rings. The van der Waals surface area contributed by atoms with E-state index in [0.29, 0.717) is 18.2 Å². The van der Waals surface area contributed by atoms with E-state index >= 15 is 0 Å². The summed E-state index contributed by atoms with van der Waals surface area (Å²) in [5.74, 6) is 1.15. The maximum absolute atomic E-state index is 11.4. The Morgan fingerprint density at radius 1 is 1.47 bits per heavy atom. The molecule has 0 saturated carbocycles. The normalized spacial score (nSPS) is 12.6. The largest absolute Gasteiger partial charge is 0.322 e. The van der Waals surface area contributed by atoms with Crippen LogP contribution < -0.4 is 11.3 Å². The molecule has 2 heterocycles. The van der Waals surface area contributed by atoms with Crippen molar-refractivity contribution in [1.29, 1.82) is 0 Å². The number of rotatable bonds is 3. The van der Waals surface area contributed by atoms with Crippen LogP contribution in [-0.2, 0) is 6.54 Å². The summed E-state index contributed by atoms with van der Waals surface area (Å²) in [4.78, 5) is 15.5. The first-order valence-corrected chi connectivity index (χ1v) is 5.37. The van der Waals surface area contributed by atoms with E-state index in [0.717, 1.165) is 0 Å². The molecule has 0 bridgehead atoms. The first-order valence-electron chi connectivity index (χ1n) is 5.37. The van der Waals surface area contributed by atoms with Gasteiger partial charge >= 0.3 is 0 Å². The molecular weight excluding hydrogens is 220 g/mol. The van der Waals surface area contributed by atoms with E-state index < -0.39 is 0 Å². The van der Waals surface area contributed by atoms with Gasteiger partial charge in [-0.1, -0.05) is 0 Å². The Morgan fingerprint density at radius 3 is 2.88 bits per heavy atom. The maximum Gasteiger partial charge on any atom is 0.266 e. The molecular formula is C10H14N6O. The average molecular weight is 234 g/mol. The van der Waals surface area contributed by atoms with Crippen LogP contribution in [0, 0.1) is 0 Å². The molecule has 0 spiro atoms. The molecule has 0 amide bonds. The van der Waals surface area contributed by atoms with E-state index in [1.54, 1.807) is 6.07 Å². The highest BCUT2D eigenvalue weighted by Crippen LogP contribution is 2.09. The van der Waals surface area contributed by atoms with Gasteiger partial charge in [0.25, 0.3) is 5.56 Å². The summed E-state index contributed by atoms with van der Waals surface area (Å²) in [5.41, 5.74) is 5.64. The highest BCUT2D eigenvalue weighted by Gasteiger charge is 2.12. The summed E-state index contributed by atoms with van der Waals surface area (Å²) in [7, 11) is 0. The van der Waals surface area contributed by atoms with E-state index in [2.05, 4.69) is 15.2 Å². The van der Waals surface area contributed by atoms with Crippen LogP contribution in [0.3, 0.4) is 0 Å². The molecule has 0 aromatic carbocycles. The molecule has 1 atom stereocenters. The fourth-order valence-corrected chi connectivity index (χ4v) is 1.52. The standard InChI is InChI=1S/C10H14N6O/c1-3-15-9(17)5-4-8(14-15)16-10(7(2)11)12-6-13-16/h4-7H,3,11H2,1-2H3. The fraction of sp³-hybridized carbons (Fsp3) is 0.400. The molecule has 1 unspecified atom stereocenters. The lowest BCUT2D eigenvalue weighted by Crippen LogP contribution is -2.23. The molecule has 2 N–H and O–H groups in total. The van der Waals surface area contributed by atoms with Crippen molar-refractivity contribution in [3.8, 4) is 5.82 Å². The second-order valence-corrected chi connectivity index (χ2v) is 3.66. The third-order valence-corrected chi connectivity index (χ3v) is 2.35. The van der Waals surface area contributed by atoms with Gasteiger partial charge in [-0.3, -0.25) is 4.79 Å². The Balaban J connectivity index is 2.53. The summed E-state index contributed by atoms with van der Waals surface area (Å²) in [6.07, 6.45) is 1.42. The fourth-order valence-electron chi connectivity index (χ4n) is 1.52. The smallest absolute Gasteiger partial charge is 0.266 e. The van der Waals surface area contributed by atoms with Crippen LogP contribution in [-0.4, -0.2) is 24.5 Å². The van der Waals surface area contributed by atoms with Gasteiger partial charge in [0, 0.05) is 12.6 Å². The third-order valence-electron chi connectivity index (χ3n) is 2.35. The second kappa shape index (κ2) is 4.46.